The fourth-order valence-electron chi connectivity index (χ4n) is 4.89. The summed E-state index contributed by atoms with van der Waals surface area (Å²) < 4.78 is 6.08. The first-order chi connectivity index (χ1) is 16.5. The number of fused-ring (bicyclic) bond motifs is 3. The summed E-state index contributed by atoms with van der Waals surface area (Å²) in [6.45, 7) is 3.85. The first kappa shape index (κ1) is 24.2. The minimum absolute atomic E-state index is 0.0121. The van der Waals surface area contributed by atoms with Crippen LogP contribution in [0.25, 0.3) is 11.1 Å². The molecule has 1 heterocycles. The largest absolute Gasteiger partial charge is 0.436 e. The Labute approximate surface area is 202 Å². The molecule has 182 valence electrons. The molecule has 7 nitrogen and oxygen atoms in total. The monoisotopic (exact) mass is 464 g/mol. The lowest BCUT2D eigenvalue weighted by molar-refractivity contribution is -0.137. The molecule has 2 amide bonds. The highest BCUT2D eigenvalue weighted by Crippen LogP contribution is 2.45. The molecule has 0 radical (unpaired) electrons. The van der Waals surface area contributed by atoms with Gasteiger partial charge in [-0.05, 0) is 51.0 Å². The fourth-order valence-corrected chi connectivity index (χ4v) is 4.89. The molecule has 1 N–H and O–H groups in total. The normalized spacial score (nSPS) is 16.2. The van der Waals surface area contributed by atoms with Crippen molar-refractivity contribution < 1.29 is 14.3 Å². The number of hydrogen-bond acceptors (Lipinski definition) is 5. The van der Waals surface area contributed by atoms with Crippen molar-refractivity contribution in [2.75, 3.05) is 53.9 Å². The third-order valence-electron chi connectivity index (χ3n) is 6.80. The minimum atomic E-state index is -0.528. The van der Waals surface area contributed by atoms with E-state index >= 15 is 0 Å². The Kier molecular flexibility index (Phi) is 7.85. The van der Waals surface area contributed by atoms with Gasteiger partial charge in [0.25, 0.3) is 0 Å². The number of nitrogens with zero attached hydrogens (tertiary/aromatic N) is 3. The van der Waals surface area contributed by atoms with Crippen LogP contribution in [0.2, 0.25) is 0 Å². The van der Waals surface area contributed by atoms with E-state index in [9.17, 15) is 9.59 Å². The van der Waals surface area contributed by atoms with Gasteiger partial charge in [0.15, 0.2) is 6.10 Å². The standard InChI is InChI=1S/C27H36N4O3/c1-29(2)17-9-8-14-24(26(32)31-18-15-28-16-19-31)30(3)27(33)34-25-22-12-6-4-10-20(22)21-11-5-7-13-23(21)25/h4-7,10-13,24-25,28H,8-9,14-19H2,1-3H3/t24-/m0/s1. The highest BCUT2D eigenvalue weighted by Gasteiger charge is 2.36. The summed E-state index contributed by atoms with van der Waals surface area (Å²) in [5.74, 6) is 0.0121. The third kappa shape index (κ3) is 5.26. The predicted molar refractivity (Wildman–Crippen MR) is 134 cm³/mol. The van der Waals surface area contributed by atoms with Gasteiger partial charge in [0, 0.05) is 44.4 Å². The van der Waals surface area contributed by atoms with Crippen LogP contribution in [0.5, 0.6) is 0 Å². The average molecular weight is 465 g/mol. The quantitative estimate of drug-likeness (QED) is 0.607. The summed E-state index contributed by atoms with van der Waals surface area (Å²) in [4.78, 5) is 32.4. The fraction of sp³-hybridized carbons (Fsp3) is 0.481. The molecule has 0 unspecified atom stereocenters. The van der Waals surface area contributed by atoms with E-state index in [1.54, 1.807) is 7.05 Å². The maximum Gasteiger partial charge on any atom is 0.411 e. The Bertz CT molecular complexity index is 957. The molecule has 0 aromatic heterocycles. The second-order valence-corrected chi connectivity index (χ2v) is 9.44. The van der Waals surface area contributed by atoms with Crippen LogP contribution in [-0.4, -0.2) is 86.6 Å². The lowest BCUT2D eigenvalue weighted by Crippen LogP contribution is -2.54. The molecule has 0 saturated carbocycles. The van der Waals surface area contributed by atoms with Crippen LogP contribution in [0.4, 0.5) is 4.79 Å². The molecular formula is C27H36N4O3. The molecule has 4 rings (SSSR count). The molecule has 0 spiro atoms. The molecule has 2 aromatic carbocycles. The summed E-state index contributed by atoms with van der Waals surface area (Å²) in [5, 5.41) is 3.29. The summed E-state index contributed by atoms with van der Waals surface area (Å²) in [6, 6.07) is 15.6. The number of ether oxygens (including phenoxy) is 1. The number of carbonyl (C=O) groups excluding carboxylic acids is 2. The Hall–Kier alpha value is -2.90. The molecular weight excluding hydrogens is 428 g/mol. The van der Waals surface area contributed by atoms with Crippen LogP contribution in [-0.2, 0) is 9.53 Å². The molecule has 1 saturated heterocycles. The van der Waals surface area contributed by atoms with Crippen LogP contribution < -0.4 is 5.32 Å². The maximum absolute atomic E-state index is 13.4. The predicted octanol–water partition coefficient (Wildman–Crippen LogP) is 3.36. The van der Waals surface area contributed by atoms with Crippen molar-refractivity contribution in [3.05, 3.63) is 59.7 Å². The maximum atomic E-state index is 13.4. The van der Waals surface area contributed by atoms with Crippen LogP contribution in [0.3, 0.4) is 0 Å². The van der Waals surface area contributed by atoms with Crippen molar-refractivity contribution in [3.63, 3.8) is 0 Å². The van der Waals surface area contributed by atoms with Gasteiger partial charge < -0.3 is 19.9 Å². The average Bonchev–Trinajstić information content (AvgIpc) is 3.17. The van der Waals surface area contributed by atoms with Gasteiger partial charge in [-0.1, -0.05) is 48.5 Å². The second-order valence-electron chi connectivity index (χ2n) is 9.44. The van der Waals surface area contributed by atoms with Crippen molar-refractivity contribution in [3.8, 4) is 11.1 Å². The van der Waals surface area contributed by atoms with Gasteiger partial charge in [-0.2, -0.15) is 0 Å². The number of carbonyl (C=O) groups is 2. The Morgan fingerprint density at radius 3 is 2.15 bits per heavy atom. The van der Waals surface area contributed by atoms with Gasteiger partial charge in [-0.25, -0.2) is 4.79 Å². The Morgan fingerprint density at radius 2 is 1.56 bits per heavy atom. The topological polar surface area (TPSA) is 65.1 Å². The second kappa shape index (κ2) is 11.0. The van der Waals surface area contributed by atoms with Crippen molar-refractivity contribution in [1.29, 1.82) is 0 Å². The summed E-state index contributed by atoms with van der Waals surface area (Å²) in [5.41, 5.74) is 4.16. The van der Waals surface area contributed by atoms with Gasteiger partial charge in [-0.15, -0.1) is 0 Å². The zero-order chi connectivity index (χ0) is 24.1. The number of hydrogen-bond donors (Lipinski definition) is 1. The Balaban J connectivity index is 1.50. The number of piperazine rings is 1. The number of benzene rings is 2. The minimum Gasteiger partial charge on any atom is -0.436 e. The van der Waals surface area contributed by atoms with E-state index in [0.717, 1.165) is 54.7 Å². The van der Waals surface area contributed by atoms with Crippen molar-refractivity contribution in [1.82, 2.24) is 20.0 Å². The molecule has 0 bridgehead atoms. The van der Waals surface area contributed by atoms with Gasteiger partial charge in [0.2, 0.25) is 5.91 Å². The van der Waals surface area contributed by atoms with Crippen LogP contribution in [0.15, 0.2) is 48.5 Å². The van der Waals surface area contributed by atoms with E-state index in [1.165, 1.54) is 4.90 Å². The zero-order valence-electron chi connectivity index (χ0n) is 20.5. The molecule has 1 atom stereocenters. The molecule has 1 fully saturated rings. The lowest BCUT2D eigenvalue weighted by Gasteiger charge is -2.35. The molecule has 7 heteroatoms. The van der Waals surface area contributed by atoms with Gasteiger partial charge >= 0.3 is 6.09 Å². The van der Waals surface area contributed by atoms with Crippen molar-refractivity contribution in [2.45, 2.75) is 31.4 Å². The number of nitrogens with one attached hydrogen (secondary N) is 1. The SMILES string of the molecule is CN(C)CCCC[C@@H](C(=O)N1CCNCC1)N(C)C(=O)OC1c2ccccc2-c2ccccc21. The Morgan fingerprint density at radius 1 is 0.971 bits per heavy atom. The number of unbranched alkanes of at least 4 members (excludes halogenated alkanes) is 1. The number of rotatable bonds is 8. The van der Waals surface area contributed by atoms with E-state index < -0.39 is 18.2 Å². The molecule has 1 aliphatic carbocycles. The van der Waals surface area contributed by atoms with E-state index in [-0.39, 0.29) is 5.91 Å². The highest BCUT2D eigenvalue weighted by molar-refractivity contribution is 5.86. The van der Waals surface area contributed by atoms with Crippen LogP contribution in [0, 0.1) is 0 Å². The van der Waals surface area contributed by atoms with E-state index in [4.69, 9.17) is 4.74 Å². The van der Waals surface area contributed by atoms with Crippen molar-refractivity contribution in [2.24, 2.45) is 0 Å². The number of likely N-dealkylation sites (N-methyl/N-ethyl adjacent to an activating group) is 1. The first-order valence-electron chi connectivity index (χ1n) is 12.2. The third-order valence-corrected chi connectivity index (χ3v) is 6.80. The van der Waals surface area contributed by atoms with E-state index in [2.05, 4.69) is 22.3 Å². The molecule has 2 aromatic rings. The van der Waals surface area contributed by atoms with Crippen molar-refractivity contribution >= 4 is 12.0 Å². The summed E-state index contributed by atoms with van der Waals surface area (Å²) in [7, 11) is 5.79. The van der Waals surface area contributed by atoms with Gasteiger partial charge in [0.1, 0.15) is 6.04 Å². The summed E-state index contributed by atoms with van der Waals surface area (Å²) >= 11 is 0. The summed E-state index contributed by atoms with van der Waals surface area (Å²) in [6.07, 6.45) is 1.54. The van der Waals surface area contributed by atoms with E-state index in [0.29, 0.717) is 19.5 Å². The molecule has 1 aliphatic heterocycles. The first-order valence-corrected chi connectivity index (χ1v) is 12.2. The molecule has 34 heavy (non-hydrogen) atoms. The van der Waals surface area contributed by atoms with Crippen LogP contribution in [0.1, 0.15) is 36.5 Å². The number of amides is 2. The van der Waals surface area contributed by atoms with E-state index in [1.807, 2.05) is 55.4 Å². The van der Waals surface area contributed by atoms with Gasteiger partial charge in [0.05, 0.1) is 0 Å². The zero-order valence-corrected chi connectivity index (χ0v) is 20.5. The highest BCUT2D eigenvalue weighted by atomic mass is 16.6. The lowest BCUT2D eigenvalue weighted by atomic mass is 10.1. The molecule has 2 aliphatic rings. The van der Waals surface area contributed by atoms with Gasteiger partial charge in [-0.3, -0.25) is 9.69 Å². The smallest absolute Gasteiger partial charge is 0.411 e. The van der Waals surface area contributed by atoms with Crippen LogP contribution >= 0.6 is 0 Å².